The van der Waals surface area contributed by atoms with Crippen LogP contribution < -0.4 is 4.74 Å². The zero-order valence-corrected chi connectivity index (χ0v) is 10.5. The highest BCUT2D eigenvalue weighted by Gasteiger charge is 2.19. The molecule has 0 saturated carbocycles. The van der Waals surface area contributed by atoms with E-state index in [1.807, 2.05) is 13.0 Å². The summed E-state index contributed by atoms with van der Waals surface area (Å²) in [4.78, 5) is 10.6. The van der Waals surface area contributed by atoms with Crippen molar-refractivity contribution >= 4 is 17.6 Å². The van der Waals surface area contributed by atoms with Crippen molar-refractivity contribution in [2.45, 2.75) is 32.6 Å². The summed E-state index contributed by atoms with van der Waals surface area (Å²) >= 11 is 6.16. The number of hydrogen-bond donors (Lipinski definition) is 1. The third kappa shape index (κ3) is 2.55. The normalized spacial score (nSPS) is 14.0. The topological polar surface area (TPSA) is 46.5 Å². The van der Waals surface area contributed by atoms with Gasteiger partial charge < -0.3 is 9.84 Å². The van der Waals surface area contributed by atoms with Crippen LogP contribution in [0.1, 0.15) is 29.5 Å². The van der Waals surface area contributed by atoms with Gasteiger partial charge in [-0.2, -0.15) is 0 Å². The Morgan fingerprint density at radius 3 is 3.06 bits per heavy atom. The van der Waals surface area contributed by atoms with Crippen molar-refractivity contribution in [3.63, 3.8) is 0 Å². The van der Waals surface area contributed by atoms with Crippen LogP contribution in [0.4, 0.5) is 0 Å². The maximum Gasteiger partial charge on any atom is 0.303 e. The van der Waals surface area contributed by atoms with Gasteiger partial charge in [0.2, 0.25) is 0 Å². The summed E-state index contributed by atoms with van der Waals surface area (Å²) in [5.41, 5.74) is 3.29. The molecular formula is C13H15ClO3. The molecule has 0 aliphatic carbocycles. The van der Waals surface area contributed by atoms with E-state index in [-0.39, 0.29) is 6.42 Å². The molecule has 0 spiro atoms. The predicted molar refractivity (Wildman–Crippen MR) is 66.0 cm³/mol. The van der Waals surface area contributed by atoms with E-state index < -0.39 is 5.97 Å². The number of carboxylic acids is 1. The van der Waals surface area contributed by atoms with Crippen molar-refractivity contribution in [2.24, 2.45) is 0 Å². The summed E-state index contributed by atoms with van der Waals surface area (Å²) < 4.78 is 5.57. The molecule has 17 heavy (non-hydrogen) atoms. The standard InChI is InChI=1S/C13H15ClO3/c1-8-9(4-5-12(15)16)7-11(14)13-10(8)3-2-6-17-13/h7H,2-6H2,1H3,(H,15,16). The molecule has 1 N–H and O–H groups in total. The van der Waals surface area contributed by atoms with Crippen LogP contribution in [0, 0.1) is 6.92 Å². The number of aryl methyl sites for hydroxylation is 1. The Kier molecular flexibility index (Phi) is 3.57. The molecule has 1 heterocycles. The van der Waals surface area contributed by atoms with E-state index >= 15 is 0 Å². The fourth-order valence-electron chi connectivity index (χ4n) is 2.22. The Bertz CT molecular complexity index is 454. The minimum atomic E-state index is -0.783. The third-order valence-corrected chi connectivity index (χ3v) is 3.43. The van der Waals surface area contributed by atoms with E-state index in [1.54, 1.807) is 0 Å². The second kappa shape index (κ2) is 4.96. The maximum absolute atomic E-state index is 10.6. The molecule has 0 bridgehead atoms. The van der Waals surface area contributed by atoms with Gasteiger partial charge in [0.1, 0.15) is 5.75 Å². The monoisotopic (exact) mass is 254 g/mol. The lowest BCUT2D eigenvalue weighted by atomic mass is 9.94. The highest BCUT2D eigenvalue weighted by atomic mass is 35.5. The summed E-state index contributed by atoms with van der Waals surface area (Å²) in [5.74, 6) is 0.00369. The van der Waals surface area contributed by atoms with E-state index in [9.17, 15) is 4.79 Å². The van der Waals surface area contributed by atoms with E-state index in [2.05, 4.69) is 0 Å². The molecule has 0 aromatic heterocycles. The van der Waals surface area contributed by atoms with E-state index in [1.165, 1.54) is 0 Å². The fourth-order valence-corrected chi connectivity index (χ4v) is 2.52. The molecule has 4 heteroatoms. The molecule has 92 valence electrons. The molecular weight excluding hydrogens is 240 g/mol. The molecule has 1 aliphatic rings. The SMILES string of the molecule is Cc1c(CCC(=O)O)cc(Cl)c2c1CCCO2. The van der Waals surface area contributed by atoms with Crippen LogP contribution in [-0.4, -0.2) is 17.7 Å². The number of fused-ring (bicyclic) bond motifs is 1. The maximum atomic E-state index is 10.6. The first-order valence-corrected chi connectivity index (χ1v) is 6.13. The Hall–Kier alpha value is -1.22. The molecule has 0 atom stereocenters. The van der Waals surface area contributed by atoms with E-state index in [0.717, 1.165) is 35.3 Å². The summed E-state index contributed by atoms with van der Waals surface area (Å²) in [6.45, 7) is 2.72. The van der Waals surface area contributed by atoms with E-state index in [0.29, 0.717) is 18.1 Å². The molecule has 1 aliphatic heterocycles. The lowest BCUT2D eigenvalue weighted by Crippen LogP contribution is -2.12. The highest BCUT2D eigenvalue weighted by molar-refractivity contribution is 6.32. The van der Waals surface area contributed by atoms with Gasteiger partial charge in [-0.05, 0) is 48.9 Å². The van der Waals surface area contributed by atoms with Crippen LogP contribution in [0.2, 0.25) is 5.02 Å². The summed E-state index contributed by atoms with van der Waals surface area (Å²) in [5, 5.41) is 9.32. The van der Waals surface area contributed by atoms with Gasteiger partial charge in [0.25, 0.3) is 0 Å². The molecule has 0 unspecified atom stereocenters. The Labute approximate surface area is 105 Å². The van der Waals surface area contributed by atoms with Gasteiger partial charge in [-0.1, -0.05) is 11.6 Å². The van der Waals surface area contributed by atoms with Crippen LogP contribution in [0.5, 0.6) is 5.75 Å². The number of carboxylic acid groups (broad SMARTS) is 1. The third-order valence-electron chi connectivity index (χ3n) is 3.15. The molecule has 3 nitrogen and oxygen atoms in total. The van der Waals surface area contributed by atoms with Crippen LogP contribution in [0.3, 0.4) is 0 Å². The largest absolute Gasteiger partial charge is 0.492 e. The molecule has 2 rings (SSSR count). The molecule has 0 radical (unpaired) electrons. The Balaban J connectivity index is 2.34. The van der Waals surface area contributed by atoms with Crippen LogP contribution in [-0.2, 0) is 17.6 Å². The molecule has 0 saturated heterocycles. The fraction of sp³-hybridized carbons (Fsp3) is 0.462. The first kappa shape index (κ1) is 12.2. The Morgan fingerprint density at radius 1 is 1.59 bits per heavy atom. The molecule has 1 aromatic carbocycles. The number of halogens is 1. The number of ether oxygens (including phenoxy) is 1. The van der Waals surface area contributed by atoms with Gasteiger partial charge in [0, 0.05) is 6.42 Å². The first-order chi connectivity index (χ1) is 8.09. The Morgan fingerprint density at radius 2 is 2.35 bits per heavy atom. The predicted octanol–water partition coefficient (Wildman–Crippen LogP) is 2.99. The molecule has 0 fully saturated rings. The number of hydrogen-bond acceptors (Lipinski definition) is 2. The van der Waals surface area contributed by atoms with Crippen molar-refractivity contribution in [1.29, 1.82) is 0 Å². The lowest BCUT2D eigenvalue weighted by Gasteiger charge is -2.22. The zero-order chi connectivity index (χ0) is 12.4. The van der Waals surface area contributed by atoms with Crippen molar-refractivity contribution in [3.8, 4) is 5.75 Å². The quantitative estimate of drug-likeness (QED) is 0.902. The highest BCUT2D eigenvalue weighted by Crippen LogP contribution is 2.37. The van der Waals surface area contributed by atoms with Crippen molar-refractivity contribution in [2.75, 3.05) is 6.61 Å². The van der Waals surface area contributed by atoms with Gasteiger partial charge in [-0.3, -0.25) is 4.79 Å². The number of carbonyl (C=O) groups is 1. The first-order valence-electron chi connectivity index (χ1n) is 5.75. The second-order valence-electron chi connectivity index (χ2n) is 4.30. The zero-order valence-electron chi connectivity index (χ0n) is 9.75. The van der Waals surface area contributed by atoms with Gasteiger partial charge in [0.05, 0.1) is 11.6 Å². The van der Waals surface area contributed by atoms with Gasteiger partial charge in [-0.15, -0.1) is 0 Å². The van der Waals surface area contributed by atoms with Crippen molar-refractivity contribution < 1.29 is 14.6 Å². The van der Waals surface area contributed by atoms with Crippen LogP contribution in [0.15, 0.2) is 6.07 Å². The average molecular weight is 255 g/mol. The second-order valence-corrected chi connectivity index (χ2v) is 4.70. The molecule has 0 amide bonds. The minimum absolute atomic E-state index is 0.136. The number of aliphatic carboxylic acids is 1. The lowest BCUT2D eigenvalue weighted by molar-refractivity contribution is -0.136. The smallest absolute Gasteiger partial charge is 0.303 e. The van der Waals surface area contributed by atoms with E-state index in [4.69, 9.17) is 21.4 Å². The van der Waals surface area contributed by atoms with Crippen molar-refractivity contribution in [3.05, 3.63) is 27.8 Å². The number of benzene rings is 1. The summed E-state index contributed by atoms with van der Waals surface area (Å²) in [6, 6.07) is 1.84. The summed E-state index contributed by atoms with van der Waals surface area (Å²) in [7, 11) is 0. The van der Waals surface area contributed by atoms with Gasteiger partial charge in [-0.25, -0.2) is 0 Å². The summed E-state index contributed by atoms with van der Waals surface area (Å²) in [6.07, 6.45) is 2.61. The van der Waals surface area contributed by atoms with Crippen LogP contribution in [0.25, 0.3) is 0 Å². The van der Waals surface area contributed by atoms with Crippen LogP contribution >= 0.6 is 11.6 Å². The minimum Gasteiger partial charge on any atom is -0.492 e. The van der Waals surface area contributed by atoms with Gasteiger partial charge in [0.15, 0.2) is 0 Å². The number of rotatable bonds is 3. The van der Waals surface area contributed by atoms with Crippen molar-refractivity contribution in [1.82, 2.24) is 0 Å². The average Bonchev–Trinajstić information content (AvgIpc) is 2.32. The molecule has 1 aromatic rings. The van der Waals surface area contributed by atoms with Gasteiger partial charge >= 0.3 is 5.97 Å².